The van der Waals surface area contributed by atoms with Crippen LogP contribution in [0.4, 0.5) is 11.4 Å². The Bertz CT molecular complexity index is 897. The van der Waals surface area contributed by atoms with Crippen LogP contribution in [0.5, 0.6) is 0 Å². The van der Waals surface area contributed by atoms with Crippen LogP contribution in [0.3, 0.4) is 0 Å². The number of nitrogen functional groups attached to an aromatic ring is 1. The van der Waals surface area contributed by atoms with E-state index in [0.717, 1.165) is 4.47 Å². The number of aromatic nitrogens is 2. The molecule has 3 aromatic rings. The SMILES string of the molecule is Nc1cc(C(=O)Nc2ccc3[nH]c(=O)[nH]c3c2)ccc1Br. The molecule has 0 aliphatic heterocycles. The fraction of sp³-hybridized carbons (Fsp3) is 0. The van der Waals surface area contributed by atoms with E-state index in [2.05, 4.69) is 31.2 Å². The molecule has 2 aromatic carbocycles. The first-order valence-electron chi connectivity index (χ1n) is 6.11. The van der Waals surface area contributed by atoms with Crippen molar-refractivity contribution in [2.75, 3.05) is 11.1 Å². The number of nitrogens with two attached hydrogens (primary N) is 1. The molecule has 21 heavy (non-hydrogen) atoms. The Morgan fingerprint density at radius 2 is 1.86 bits per heavy atom. The number of imidazole rings is 1. The van der Waals surface area contributed by atoms with Crippen LogP contribution in [0.2, 0.25) is 0 Å². The van der Waals surface area contributed by atoms with E-state index < -0.39 is 0 Å². The Hall–Kier alpha value is -2.54. The fourth-order valence-corrected chi connectivity index (χ4v) is 2.25. The van der Waals surface area contributed by atoms with Crippen molar-refractivity contribution in [3.63, 3.8) is 0 Å². The molecular formula is C14H11BrN4O2. The normalized spacial score (nSPS) is 10.7. The number of hydrogen-bond donors (Lipinski definition) is 4. The lowest BCUT2D eigenvalue weighted by atomic mass is 10.2. The summed E-state index contributed by atoms with van der Waals surface area (Å²) in [6.45, 7) is 0. The average molecular weight is 347 g/mol. The van der Waals surface area contributed by atoms with E-state index in [1.54, 1.807) is 36.4 Å². The first-order valence-corrected chi connectivity index (χ1v) is 6.90. The van der Waals surface area contributed by atoms with Crippen molar-refractivity contribution in [2.24, 2.45) is 0 Å². The van der Waals surface area contributed by atoms with Crippen LogP contribution in [-0.2, 0) is 0 Å². The van der Waals surface area contributed by atoms with Crippen molar-refractivity contribution < 1.29 is 4.79 Å². The van der Waals surface area contributed by atoms with E-state index >= 15 is 0 Å². The summed E-state index contributed by atoms with van der Waals surface area (Å²) in [5.41, 5.74) is 8.33. The second-order valence-corrected chi connectivity index (χ2v) is 5.38. The highest BCUT2D eigenvalue weighted by Gasteiger charge is 2.08. The largest absolute Gasteiger partial charge is 0.398 e. The van der Waals surface area contributed by atoms with Gasteiger partial charge in [0.1, 0.15) is 0 Å². The third-order valence-electron chi connectivity index (χ3n) is 3.03. The number of halogens is 1. The number of carbonyl (C=O) groups excluding carboxylic acids is 1. The molecule has 0 bridgehead atoms. The van der Waals surface area contributed by atoms with Gasteiger partial charge in [-0.05, 0) is 52.3 Å². The van der Waals surface area contributed by atoms with Crippen LogP contribution in [0.1, 0.15) is 10.4 Å². The number of H-pyrrole nitrogens is 2. The van der Waals surface area contributed by atoms with E-state index in [9.17, 15) is 9.59 Å². The number of hydrogen-bond acceptors (Lipinski definition) is 3. The molecule has 1 amide bonds. The molecule has 0 aliphatic carbocycles. The molecule has 0 spiro atoms. The lowest BCUT2D eigenvalue weighted by Gasteiger charge is -2.06. The van der Waals surface area contributed by atoms with Crippen LogP contribution >= 0.6 is 15.9 Å². The van der Waals surface area contributed by atoms with E-state index in [1.165, 1.54) is 0 Å². The van der Waals surface area contributed by atoms with Gasteiger partial charge in [0, 0.05) is 21.4 Å². The molecule has 0 atom stereocenters. The molecule has 0 radical (unpaired) electrons. The topological polar surface area (TPSA) is 104 Å². The summed E-state index contributed by atoms with van der Waals surface area (Å²) in [4.78, 5) is 28.6. The van der Waals surface area contributed by atoms with Gasteiger partial charge in [0.2, 0.25) is 0 Å². The van der Waals surface area contributed by atoms with Gasteiger partial charge in [-0.1, -0.05) is 0 Å². The number of amides is 1. The highest BCUT2D eigenvalue weighted by Crippen LogP contribution is 2.21. The number of carbonyl (C=O) groups is 1. The Kier molecular flexibility index (Phi) is 3.26. The molecule has 0 aliphatic rings. The first-order chi connectivity index (χ1) is 10.0. The summed E-state index contributed by atoms with van der Waals surface area (Å²) in [6.07, 6.45) is 0. The van der Waals surface area contributed by atoms with Gasteiger partial charge in [0.25, 0.3) is 5.91 Å². The molecular weight excluding hydrogens is 336 g/mol. The Morgan fingerprint density at radius 1 is 1.10 bits per heavy atom. The van der Waals surface area contributed by atoms with Crippen LogP contribution in [0, 0.1) is 0 Å². The number of aromatic amines is 2. The smallest absolute Gasteiger partial charge is 0.323 e. The number of rotatable bonds is 2. The van der Waals surface area contributed by atoms with Crippen molar-refractivity contribution in [3.05, 3.63) is 56.9 Å². The van der Waals surface area contributed by atoms with Crippen LogP contribution in [-0.4, -0.2) is 15.9 Å². The third-order valence-corrected chi connectivity index (χ3v) is 3.75. The van der Waals surface area contributed by atoms with Gasteiger partial charge in [0.05, 0.1) is 11.0 Å². The summed E-state index contributed by atoms with van der Waals surface area (Å²) in [5.74, 6) is -0.272. The van der Waals surface area contributed by atoms with Crippen molar-refractivity contribution in [2.45, 2.75) is 0 Å². The van der Waals surface area contributed by atoms with E-state index in [0.29, 0.717) is 28.0 Å². The summed E-state index contributed by atoms with van der Waals surface area (Å²) < 4.78 is 0.741. The number of anilines is 2. The summed E-state index contributed by atoms with van der Waals surface area (Å²) >= 11 is 3.28. The van der Waals surface area contributed by atoms with Gasteiger partial charge in [-0.2, -0.15) is 0 Å². The van der Waals surface area contributed by atoms with Crippen molar-refractivity contribution in [3.8, 4) is 0 Å². The molecule has 1 aromatic heterocycles. The lowest BCUT2D eigenvalue weighted by molar-refractivity contribution is 0.102. The Labute approximate surface area is 127 Å². The molecule has 0 unspecified atom stereocenters. The molecule has 0 fully saturated rings. The lowest BCUT2D eigenvalue weighted by Crippen LogP contribution is -2.12. The van der Waals surface area contributed by atoms with Gasteiger partial charge in [-0.25, -0.2) is 4.79 Å². The standard InChI is InChI=1S/C14H11BrN4O2/c15-9-3-1-7(5-10(9)16)13(20)17-8-2-4-11-12(6-8)19-14(21)18-11/h1-6H,16H2,(H,17,20)(H2,18,19,21). The number of nitrogens with one attached hydrogen (secondary N) is 3. The predicted molar refractivity (Wildman–Crippen MR) is 85.4 cm³/mol. The van der Waals surface area contributed by atoms with Crippen molar-refractivity contribution in [1.29, 1.82) is 0 Å². The van der Waals surface area contributed by atoms with Gasteiger partial charge >= 0.3 is 5.69 Å². The number of fused-ring (bicyclic) bond motifs is 1. The highest BCUT2D eigenvalue weighted by atomic mass is 79.9. The molecule has 106 valence electrons. The zero-order chi connectivity index (χ0) is 15.0. The second kappa shape index (κ2) is 5.10. The highest BCUT2D eigenvalue weighted by molar-refractivity contribution is 9.10. The minimum absolute atomic E-state index is 0.272. The molecule has 3 rings (SSSR count). The van der Waals surface area contributed by atoms with Gasteiger partial charge in [-0.3, -0.25) is 4.79 Å². The van der Waals surface area contributed by atoms with Crippen LogP contribution < -0.4 is 16.7 Å². The molecule has 1 heterocycles. The van der Waals surface area contributed by atoms with E-state index in [1.807, 2.05) is 0 Å². The van der Waals surface area contributed by atoms with Crippen LogP contribution in [0.15, 0.2) is 45.7 Å². The van der Waals surface area contributed by atoms with Crippen molar-refractivity contribution >= 4 is 44.2 Å². The van der Waals surface area contributed by atoms with Gasteiger partial charge < -0.3 is 21.0 Å². The summed E-state index contributed by atoms with van der Waals surface area (Å²) in [6, 6.07) is 10.1. The van der Waals surface area contributed by atoms with Crippen LogP contribution in [0.25, 0.3) is 11.0 Å². The van der Waals surface area contributed by atoms with E-state index in [4.69, 9.17) is 5.73 Å². The van der Waals surface area contributed by atoms with Crippen molar-refractivity contribution in [1.82, 2.24) is 9.97 Å². The molecule has 0 saturated heterocycles. The third kappa shape index (κ3) is 2.68. The van der Waals surface area contributed by atoms with Gasteiger partial charge in [0.15, 0.2) is 0 Å². The van der Waals surface area contributed by atoms with Gasteiger partial charge in [-0.15, -0.1) is 0 Å². The predicted octanol–water partition coefficient (Wildman–Crippen LogP) is 2.45. The maximum atomic E-state index is 12.2. The molecule has 6 nitrogen and oxygen atoms in total. The molecule has 5 N–H and O–H groups in total. The quantitative estimate of drug-likeness (QED) is 0.535. The summed E-state index contributed by atoms with van der Waals surface area (Å²) in [7, 11) is 0. The monoisotopic (exact) mass is 346 g/mol. The number of benzene rings is 2. The van der Waals surface area contributed by atoms with E-state index in [-0.39, 0.29) is 11.6 Å². The average Bonchev–Trinajstić information content (AvgIpc) is 2.81. The summed E-state index contributed by atoms with van der Waals surface area (Å²) in [5, 5.41) is 2.76. The minimum atomic E-state index is -0.283. The maximum absolute atomic E-state index is 12.2. The molecule has 7 heteroatoms. The maximum Gasteiger partial charge on any atom is 0.323 e. The molecule has 0 saturated carbocycles. The second-order valence-electron chi connectivity index (χ2n) is 4.53. The fourth-order valence-electron chi connectivity index (χ4n) is 2.00. The zero-order valence-corrected chi connectivity index (χ0v) is 12.3. The zero-order valence-electron chi connectivity index (χ0n) is 10.7. The Morgan fingerprint density at radius 3 is 2.62 bits per heavy atom. The minimum Gasteiger partial charge on any atom is -0.398 e. The Balaban J connectivity index is 1.88. The first kappa shape index (κ1) is 13.4.